The van der Waals surface area contributed by atoms with Gasteiger partial charge in [0.25, 0.3) is 0 Å². The van der Waals surface area contributed by atoms with Crippen molar-refractivity contribution in [3.63, 3.8) is 0 Å². The van der Waals surface area contributed by atoms with Gasteiger partial charge in [-0.2, -0.15) is 0 Å². The predicted octanol–water partition coefficient (Wildman–Crippen LogP) is 5.90. The summed E-state index contributed by atoms with van der Waals surface area (Å²) in [5, 5.41) is 3.94. The average molecular weight is 322 g/mol. The Morgan fingerprint density at radius 1 is 0.840 bits per heavy atom. The maximum atomic E-state index is 3.58. The first-order valence-electron chi connectivity index (χ1n) is 8.81. The van der Waals surface area contributed by atoms with E-state index in [4.69, 9.17) is 0 Å². The van der Waals surface area contributed by atoms with E-state index >= 15 is 0 Å². The van der Waals surface area contributed by atoms with E-state index in [0.717, 1.165) is 0 Å². The van der Waals surface area contributed by atoms with Gasteiger partial charge in [-0.15, -0.1) is 0 Å². The van der Waals surface area contributed by atoms with E-state index in [1.54, 1.807) is 0 Å². The van der Waals surface area contributed by atoms with Crippen LogP contribution in [-0.4, -0.2) is 9.55 Å². The zero-order chi connectivity index (χ0) is 16.8. The lowest BCUT2D eigenvalue weighted by atomic mass is 9.83. The zero-order valence-corrected chi connectivity index (χ0v) is 14.3. The van der Waals surface area contributed by atoms with E-state index in [9.17, 15) is 0 Å². The first-order valence-corrected chi connectivity index (χ1v) is 8.81. The predicted molar refractivity (Wildman–Crippen MR) is 105 cm³/mol. The fourth-order valence-corrected chi connectivity index (χ4v) is 4.67. The third-order valence-corrected chi connectivity index (χ3v) is 5.89. The first-order chi connectivity index (χ1) is 12.2. The van der Waals surface area contributed by atoms with Crippen molar-refractivity contribution in [1.82, 2.24) is 9.55 Å². The molecule has 1 N–H and O–H groups in total. The van der Waals surface area contributed by atoms with Gasteiger partial charge in [0.05, 0.1) is 11.2 Å². The molecule has 0 atom stereocenters. The number of H-pyrrole nitrogens is 1. The second-order valence-electron chi connectivity index (χ2n) is 7.60. The van der Waals surface area contributed by atoms with Crippen LogP contribution in [0, 0.1) is 0 Å². The molecule has 0 fully saturated rings. The molecule has 2 aromatic heterocycles. The first kappa shape index (κ1) is 13.3. The summed E-state index contributed by atoms with van der Waals surface area (Å²) in [7, 11) is 0. The number of benzene rings is 3. The van der Waals surface area contributed by atoms with Crippen molar-refractivity contribution in [2.45, 2.75) is 19.3 Å². The highest BCUT2D eigenvalue weighted by atomic mass is 15.0. The number of aromatic nitrogens is 2. The molecular formula is C23H18N2. The molecular weight excluding hydrogens is 304 g/mol. The SMILES string of the molecule is CC1(C)c2ccccc2-n2c1cc1ccc3[nH]c4ccccc4c3c12. The van der Waals surface area contributed by atoms with Crippen molar-refractivity contribution in [3.05, 3.63) is 78.0 Å². The Bertz CT molecular complexity index is 1310. The van der Waals surface area contributed by atoms with Gasteiger partial charge in [-0.1, -0.05) is 56.3 Å². The van der Waals surface area contributed by atoms with Gasteiger partial charge in [0, 0.05) is 38.3 Å². The van der Waals surface area contributed by atoms with Crippen LogP contribution in [0.2, 0.25) is 0 Å². The molecule has 1 aliphatic heterocycles. The van der Waals surface area contributed by atoms with Gasteiger partial charge in [0.2, 0.25) is 0 Å². The zero-order valence-electron chi connectivity index (χ0n) is 14.3. The van der Waals surface area contributed by atoms with Crippen LogP contribution in [0.3, 0.4) is 0 Å². The topological polar surface area (TPSA) is 20.7 Å². The minimum absolute atomic E-state index is 0.0219. The van der Waals surface area contributed by atoms with Crippen molar-refractivity contribution in [2.75, 3.05) is 0 Å². The fourth-order valence-electron chi connectivity index (χ4n) is 4.67. The molecule has 0 amide bonds. The van der Waals surface area contributed by atoms with Crippen molar-refractivity contribution < 1.29 is 0 Å². The van der Waals surface area contributed by atoms with E-state index in [0.29, 0.717) is 0 Å². The van der Waals surface area contributed by atoms with Gasteiger partial charge in [-0.25, -0.2) is 0 Å². The number of fused-ring (bicyclic) bond motifs is 9. The second kappa shape index (κ2) is 4.15. The molecule has 0 saturated carbocycles. The number of hydrogen-bond donors (Lipinski definition) is 1. The van der Waals surface area contributed by atoms with Gasteiger partial charge in [0.1, 0.15) is 0 Å². The summed E-state index contributed by atoms with van der Waals surface area (Å²) in [6.07, 6.45) is 0. The molecule has 1 aliphatic rings. The summed E-state index contributed by atoms with van der Waals surface area (Å²) >= 11 is 0. The van der Waals surface area contributed by atoms with Crippen LogP contribution in [0.25, 0.3) is 38.4 Å². The lowest BCUT2D eigenvalue weighted by molar-refractivity contribution is 0.645. The molecule has 0 saturated heterocycles. The summed E-state index contributed by atoms with van der Waals surface area (Å²) in [5.74, 6) is 0. The van der Waals surface area contributed by atoms with E-state index < -0.39 is 0 Å². The molecule has 0 bridgehead atoms. The lowest BCUT2D eigenvalue weighted by Crippen LogP contribution is -2.14. The third-order valence-electron chi connectivity index (χ3n) is 5.89. The van der Waals surface area contributed by atoms with E-state index in [2.05, 4.69) is 90.1 Å². The fraction of sp³-hybridized carbons (Fsp3) is 0.130. The monoisotopic (exact) mass is 322 g/mol. The molecule has 0 aliphatic carbocycles. The Morgan fingerprint density at radius 2 is 1.64 bits per heavy atom. The van der Waals surface area contributed by atoms with Gasteiger partial charge in [-0.3, -0.25) is 0 Å². The Morgan fingerprint density at radius 3 is 2.56 bits per heavy atom. The number of para-hydroxylation sites is 2. The van der Waals surface area contributed by atoms with Crippen molar-refractivity contribution >= 4 is 32.7 Å². The van der Waals surface area contributed by atoms with Gasteiger partial charge >= 0.3 is 0 Å². The molecule has 3 aromatic carbocycles. The molecule has 2 heteroatoms. The second-order valence-corrected chi connectivity index (χ2v) is 7.60. The highest BCUT2D eigenvalue weighted by Crippen LogP contribution is 2.47. The summed E-state index contributed by atoms with van der Waals surface area (Å²) in [6, 6.07) is 24.2. The van der Waals surface area contributed by atoms with Crippen molar-refractivity contribution in [1.29, 1.82) is 0 Å². The van der Waals surface area contributed by atoms with Crippen LogP contribution in [0.1, 0.15) is 25.1 Å². The molecule has 0 unspecified atom stereocenters. The van der Waals surface area contributed by atoms with Gasteiger partial charge < -0.3 is 9.55 Å². The largest absolute Gasteiger partial charge is 0.354 e. The minimum Gasteiger partial charge on any atom is -0.354 e. The van der Waals surface area contributed by atoms with Crippen LogP contribution < -0.4 is 0 Å². The highest BCUT2D eigenvalue weighted by Gasteiger charge is 2.37. The third kappa shape index (κ3) is 1.46. The van der Waals surface area contributed by atoms with Crippen LogP contribution in [-0.2, 0) is 5.41 Å². The quantitative estimate of drug-likeness (QED) is 0.366. The molecule has 3 heterocycles. The van der Waals surface area contributed by atoms with Crippen LogP contribution in [0.5, 0.6) is 0 Å². The maximum absolute atomic E-state index is 3.58. The van der Waals surface area contributed by atoms with E-state index in [1.807, 2.05) is 0 Å². The molecule has 6 rings (SSSR count). The molecule has 2 nitrogen and oxygen atoms in total. The highest BCUT2D eigenvalue weighted by molar-refractivity contribution is 6.20. The molecule has 5 aromatic rings. The summed E-state index contributed by atoms with van der Waals surface area (Å²) in [4.78, 5) is 3.58. The Hall–Kier alpha value is -3.00. The Labute approximate surface area is 145 Å². The molecule has 25 heavy (non-hydrogen) atoms. The van der Waals surface area contributed by atoms with Crippen molar-refractivity contribution in [2.24, 2.45) is 0 Å². The summed E-state index contributed by atoms with van der Waals surface area (Å²) in [6.45, 7) is 4.66. The number of aromatic amines is 1. The number of nitrogens with one attached hydrogen (secondary N) is 1. The number of rotatable bonds is 0. The summed E-state index contributed by atoms with van der Waals surface area (Å²) < 4.78 is 2.48. The van der Waals surface area contributed by atoms with E-state index in [1.165, 1.54) is 49.7 Å². The minimum atomic E-state index is 0.0219. The normalized spacial score (nSPS) is 15.1. The lowest BCUT2D eigenvalue weighted by Gasteiger charge is -2.18. The maximum Gasteiger partial charge on any atom is 0.0632 e. The van der Waals surface area contributed by atoms with Gasteiger partial charge in [0.15, 0.2) is 0 Å². The molecule has 0 spiro atoms. The van der Waals surface area contributed by atoms with Crippen LogP contribution >= 0.6 is 0 Å². The molecule has 0 radical (unpaired) electrons. The van der Waals surface area contributed by atoms with Crippen LogP contribution in [0.4, 0.5) is 0 Å². The standard InChI is InChI=1S/C23H18N2/c1-23(2)16-8-4-6-10-19(16)25-20(23)13-14-11-12-18-21(22(14)25)15-7-3-5-9-17(15)24-18/h3-13,24H,1-2H3. The number of nitrogens with zero attached hydrogens (tertiary/aromatic N) is 1. The van der Waals surface area contributed by atoms with Gasteiger partial charge in [-0.05, 0) is 29.8 Å². The molecule has 120 valence electrons. The average Bonchev–Trinajstić information content (AvgIpc) is 3.25. The van der Waals surface area contributed by atoms with E-state index in [-0.39, 0.29) is 5.41 Å². The van der Waals surface area contributed by atoms with Crippen LogP contribution in [0.15, 0.2) is 66.7 Å². The Kier molecular flexibility index (Phi) is 2.21. The van der Waals surface area contributed by atoms with Crippen molar-refractivity contribution in [3.8, 4) is 5.69 Å². The number of hydrogen-bond acceptors (Lipinski definition) is 0. The smallest absolute Gasteiger partial charge is 0.0632 e. The Balaban J connectivity index is 1.91. The summed E-state index contributed by atoms with van der Waals surface area (Å²) in [5.41, 5.74) is 7.85.